The minimum absolute atomic E-state index is 0.118. The number of ether oxygens (including phenoxy) is 3. The van der Waals surface area contributed by atoms with E-state index < -0.39 is 5.91 Å². The van der Waals surface area contributed by atoms with Gasteiger partial charge in [0.05, 0.1) is 32.0 Å². The van der Waals surface area contributed by atoms with E-state index in [2.05, 4.69) is 5.32 Å². The molecular formula is C20H19ClN2O4. The van der Waals surface area contributed by atoms with Gasteiger partial charge in [0.15, 0.2) is 11.5 Å². The lowest BCUT2D eigenvalue weighted by atomic mass is 10.1. The predicted molar refractivity (Wildman–Crippen MR) is 105 cm³/mol. The van der Waals surface area contributed by atoms with Gasteiger partial charge in [-0.1, -0.05) is 17.7 Å². The number of rotatable bonds is 6. The fraction of sp³-hybridized carbons (Fsp3) is 0.200. The van der Waals surface area contributed by atoms with Crippen molar-refractivity contribution in [3.63, 3.8) is 0 Å². The summed E-state index contributed by atoms with van der Waals surface area (Å²) in [6.45, 7) is 1.89. The average molecular weight is 387 g/mol. The monoisotopic (exact) mass is 386 g/mol. The van der Waals surface area contributed by atoms with E-state index in [1.54, 1.807) is 24.3 Å². The molecule has 0 aliphatic heterocycles. The van der Waals surface area contributed by atoms with Gasteiger partial charge in [0.25, 0.3) is 5.91 Å². The van der Waals surface area contributed by atoms with Gasteiger partial charge in [-0.25, -0.2) is 0 Å². The Morgan fingerprint density at radius 2 is 1.70 bits per heavy atom. The lowest BCUT2D eigenvalue weighted by Gasteiger charge is -2.11. The van der Waals surface area contributed by atoms with E-state index >= 15 is 0 Å². The highest BCUT2D eigenvalue weighted by molar-refractivity contribution is 6.32. The topological polar surface area (TPSA) is 80.6 Å². The first kappa shape index (κ1) is 20.1. The molecule has 0 heterocycles. The molecule has 140 valence electrons. The molecule has 2 aromatic carbocycles. The summed E-state index contributed by atoms with van der Waals surface area (Å²) in [7, 11) is 4.49. The maximum atomic E-state index is 12.6. The van der Waals surface area contributed by atoms with E-state index in [1.807, 2.05) is 19.1 Å². The number of hydrogen-bond acceptors (Lipinski definition) is 5. The van der Waals surface area contributed by atoms with Crippen LogP contribution < -0.4 is 19.5 Å². The second-order valence-electron chi connectivity index (χ2n) is 5.56. The van der Waals surface area contributed by atoms with Crippen LogP contribution in [0, 0.1) is 18.3 Å². The third-order valence-corrected chi connectivity index (χ3v) is 4.10. The van der Waals surface area contributed by atoms with Crippen LogP contribution in [-0.4, -0.2) is 27.2 Å². The molecule has 0 spiro atoms. The molecule has 6 nitrogen and oxygen atoms in total. The van der Waals surface area contributed by atoms with Crippen molar-refractivity contribution in [1.29, 1.82) is 5.26 Å². The van der Waals surface area contributed by atoms with Crippen molar-refractivity contribution in [2.75, 3.05) is 26.6 Å². The molecule has 0 fully saturated rings. The number of hydrogen-bond donors (Lipinski definition) is 1. The molecule has 0 aliphatic carbocycles. The van der Waals surface area contributed by atoms with Gasteiger partial charge in [-0.05, 0) is 42.3 Å². The molecule has 0 saturated carbocycles. The normalized spacial score (nSPS) is 10.7. The second-order valence-corrected chi connectivity index (χ2v) is 5.96. The van der Waals surface area contributed by atoms with Crippen molar-refractivity contribution < 1.29 is 19.0 Å². The van der Waals surface area contributed by atoms with Gasteiger partial charge in [0.1, 0.15) is 17.4 Å². The summed E-state index contributed by atoms with van der Waals surface area (Å²) in [5, 5.41) is 12.4. The number of nitriles is 1. The van der Waals surface area contributed by atoms with Crippen molar-refractivity contribution in [1.82, 2.24) is 0 Å². The van der Waals surface area contributed by atoms with Crippen molar-refractivity contribution in [2.24, 2.45) is 0 Å². The fourth-order valence-corrected chi connectivity index (χ4v) is 2.60. The van der Waals surface area contributed by atoms with Crippen molar-refractivity contribution in [2.45, 2.75) is 6.92 Å². The fourth-order valence-electron chi connectivity index (χ4n) is 2.39. The van der Waals surface area contributed by atoms with Crippen LogP contribution in [0.15, 0.2) is 35.9 Å². The Hall–Kier alpha value is -3.17. The number of nitrogens with zero attached hydrogens (tertiary/aromatic N) is 1. The smallest absolute Gasteiger partial charge is 0.266 e. The number of methoxy groups -OCH3 is 3. The third-order valence-electron chi connectivity index (χ3n) is 3.77. The minimum Gasteiger partial charge on any atom is -0.495 e. The number of aryl methyl sites for hydroxylation is 1. The molecule has 0 unspecified atom stereocenters. The molecule has 2 aromatic rings. The standard InChI is InChI=1S/C20H19ClN2O4/c1-12-5-6-17(25-2)16(7-12)23-20(24)14(11-22)8-13-9-18(26-3)19(27-4)10-15(13)21/h5-10H,1-4H3,(H,23,24)/b14-8+. The van der Waals surface area contributed by atoms with Crippen LogP contribution in [0.5, 0.6) is 17.2 Å². The predicted octanol–water partition coefficient (Wildman–Crippen LogP) is 4.22. The van der Waals surface area contributed by atoms with E-state index in [1.165, 1.54) is 27.4 Å². The minimum atomic E-state index is -0.577. The summed E-state index contributed by atoms with van der Waals surface area (Å²) >= 11 is 6.23. The zero-order valence-electron chi connectivity index (χ0n) is 15.4. The molecule has 1 N–H and O–H groups in total. The highest BCUT2D eigenvalue weighted by Gasteiger charge is 2.15. The Bertz CT molecular complexity index is 932. The Kier molecular flexibility index (Phi) is 6.69. The quantitative estimate of drug-likeness (QED) is 0.593. The van der Waals surface area contributed by atoms with Crippen LogP contribution in [-0.2, 0) is 4.79 Å². The van der Waals surface area contributed by atoms with Crippen molar-refractivity contribution in [3.05, 3.63) is 52.1 Å². The third kappa shape index (κ3) is 4.72. The number of amides is 1. The molecule has 0 aliphatic rings. The summed E-state index contributed by atoms with van der Waals surface area (Å²) < 4.78 is 15.7. The summed E-state index contributed by atoms with van der Waals surface area (Å²) in [5.74, 6) is 0.806. The summed E-state index contributed by atoms with van der Waals surface area (Å²) in [4.78, 5) is 12.6. The SMILES string of the molecule is COc1ccc(C)cc1NC(=O)/C(C#N)=C/c1cc(OC)c(OC)cc1Cl. The molecular weight excluding hydrogens is 368 g/mol. The first-order valence-electron chi connectivity index (χ1n) is 7.92. The second kappa shape index (κ2) is 8.97. The molecule has 0 aromatic heterocycles. The lowest BCUT2D eigenvalue weighted by Crippen LogP contribution is -2.14. The first-order valence-corrected chi connectivity index (χ1v) is 8.30. The van der Waals surface area contributed by atoms with Crippen LogP contribution in [0.4, 0.5) is 5.69 Å². The van der Waals surface area contributed by atoms with Crippen molar-refractivity contribution >= 4 is 29.3 Å². The summed E-state index contributed by atoms with van der Waals surface area (Å²) in [5.41, 5.74) is 1.75. The zero-order valence-corrected chi connectivity index (χ0v) is 16.2. The number of carbonyl (C=O) groups is 1. The molecule has 27 heavy (non-hydrogen) atoms. The maximum absolute atomic E-state index is 12.6. The Balaban J connectivity index is 2.38. The van der Waals surface area contributed by atoms with Crippen LogP contribution >= 0.6 is 11.6 Å². The number of halogens is 1. The van der Waals surface area contributed by atoms with Gasteiger partial charge in [0, 0.05) is 6.07 Å². The zero-order chi connectivity index (χ0) is 20.0. The molecule has 7 heteroatoms. The maximum Gasteiger partial charge on any atom is 0.266 e. The van der Waals surface area contributed by atoms with E-state index in [9.17, 15) is 10.1 Å². The Morgan fingerprint density at radius 1 is 1.07 bits per heavy atom. The van der Waals surface area contributed by atoms with Gasteiger partial charge >= 0.3 is 0 Å². The molecule has 0 saturated heterocycles. The Morgan fingerprint density at radius 3 is 2.30 bits per heavy atom. The number of benzene rings is 2. The summed E-state index contributed by atoms with van der Waals surface area (Å²) in [6, 6.07) is 10.4. The Labute approximate surface area is 162 Å². The van der Waals surface area contributed by atoms with E-state index in [-0.39, 0.29) is 5.57 Å². The molecule has 0 bridgehead atoms. The van der Waals surface area contributed by atoms with E-state index in [0.29, 0.717) is 33.5 Å². The number of carbonyl (C=O) groups excluding carboxylic acids is 1. The van der Waals surface area contributed by atoms with Gasteiger partial charge in [-0.2, -0.15) is 5.26 Å². The van der Waals surface area contributed by atoms with Gasteiger partial charge < -0.3 is 19.5 Å². The number of anilines is 1. The largest absolute Gasteiger partial charge is 0.495 e. The first-order chi connectivity index (χ1) is 12.9. The molecule has 2 rings (SSSR count). The summed E-state index contributed by atoms with van der Waals surface area (Å²) in [6.07, 6.45) is 1.39. The van der Waals surface area contributed by atoms with E-state index in [0.717, 1.165) is 5.56 Å². The van der Waals surface area contributed by atoms with Gasteiger partial charge in [0.2, 0.25) is 0 Å². The van der Waals surface area contributed by atoms with E-state index in [4.69, 9.17) is 25.8 Å². The van der Waals surface area contributed by atoms with Crippen molar-refractivity contribution in [3.8, 4) is 23.3 Å². The van der Waals surface area contributed by atoms with Gasteiger partial charge in [-0.15, -0.1) is 0 Å². The number of nitrogens with one attached hydrogen (secondary N) is 1. The average Bonchev–Trinajstić information content (AvgIpc) is 2.66. The molecule has 0 atom stereocenters. The van der Waals surface area contributed by atoms with Crippen LogP contribution in [0.3, 0.4) is 0 Å². The lowest BCUT2D eigenvalue weighted by molar-refractivity contribution is -0.112. The van der Waals surface area contributed by atoms with Gasteiger partial charge in [-0.3, -0.25) is 4.79 Å². The van der Waals surface area contributed by atoms with Crippen LogP contribution in [0.2, 0.25) is 5.02 Å². The van der Waals surface area contributed by atoms with Crippen LogP contribution in [0.1, 0.15) is 11.1 Å². The molecule has 0 radical (unpaired) electrons. The highest BCUT2D eigenvalue weighted by Crippen LogP contribution is 2.34. The molecule has 1 amide bonds. The highest BCUT2D eigenvalue weighted by atomic mass is 35.5. The van der Waals surface area contributed by atoms with Crippen LogP contribution in [0.25, 0.3) is 6.08 Å².